The number of nitrogens with one attached hydrogen (secondary N) is 1. The summed E-state index contributed by atoms with van der Waals surface area (Å²) in [5.74, 6) is 0.0989. The van der Waals surface area contributed by atoms with Gasteiger partial charge in [0.05, 0.1) is 19.2 Å². The summed E-state index contributed by atoms with van der Waals surface area (Å²) in [5.41, 5.74) is 0.191. The summed E-state index contributed by atoms with van der Waals surface area (Å²) in [6.07, 6.45) is 2.75. The maximum Gasteiger partial charge on any atom is 0.255 e. The Bertz CT molecular complexity index is 610. The van der Waals surface area contributed by atoms with E-state index >= 15 is 0 Å². The van der Waals surface area contributed by atoms with Crippen molar-refractivity contribution >= 4 is 17.2 Å². The molecule has 1 heterocycles. The molecule has 0 radical (unpaired) electrons. The van der Waals surface area contributed by atoms with Crippen molar-refractivity contribution in [3.05, 3.63) is 39.8 Å². The van der Waals surface area contributed by atoms with Crippen LogP contribution < -0.4 is 10.1 Å². The van der Waals surface area contributed by atoms with Gasteiger partial charge in [0.2, 0.25) is 0 Å². The minimum Gasteiger partial charge on any atom is -0.507 e. The van der Waals surface area contributed by atoms with Crippen LogP contribution in [0.15, 0.2) is 24.4 Å². The van der Waals surface area contributed by atoms with Crippen LogP contribution in [0, 0.1) is 0 Å². The number of ether oxygens (including phenoxy) is 1. The molecule has 2 aromatic rings. The van der Waals surface area contributed by atoms with Gasteiger partial charge in [0, 0.05) is 11.1 Å². The van der Waals surface area contributed by atoms with Crippen molar-refractivity contribution in [2.24, 2.45) is 0 Å². The van der Waals surface area contributed by atoms with E-state index in [2.05, 4.69) is 17.2 Å². The van der Waals surface area contributed by atoms with Gasteiger partial charge in [0.1, 0.15) is 16.5 Å². The first kappa shape index (κ1) is 14.3. The second-order valence-corrected chi connectivity index (χ2v) is 5.34. The molecule has 0 saturated carbocycles. The number of amides is 1. The molecule has 1 aromatic heterocycles. The summed E-state index contributed by atoms with van der Waals surface area (Å²) in [5, 5.41) is 13.3. The minimum absolute atomic E-state index is 0.0725. The molecule has 0 unspecified atom stereocenters. The summed E-state index contributed by atoms with van der Waals surface area (Å²) >= 11 is 1.57. The predicted molar refractivity (Wildman–Crippen MR) is 77.3 cm³/mol. The molecular weight excluding hydrogens is 276 g/mol. The molecule has 0 bridgehead atoms. The van der Waals surface area contributed by atoms with Crippen LogP contribution in [0.4, 0.5) is 0 Å². The average molecular weight is 292 g/mol. The Morgan fingerprint density at radius 1 is 1.50 bits per heavy atom. The Hall–Kier alpha value is -2.08. The van der Waals surface area contributed by atoms with Crippen molar-refractivity contribution in [1.29, 1.82) is 0 Å². The molecule has 20 heavy (non-hydrogen) atoms. The van der Waals surface area contributed by atoms with E-state index in [1.165, 1.54) is 24.1 Å². The summed E-state index contributed by atoms with van der Waals surface area (Å²) in [6.45, 7) is 2.41. The number of aromatic nitrogens is 1. The molecule has 2 rings (SSSR count). The highest BCUT2D eigenvalue weighted by atomic mass is 32.1. The van der Waals surface area contributed by atoms with E-state index in [0.29, 0.717) is 12.3 Å². The van der Waals surface area contributed by atoms with Gasteiger partial charge >= 0.3 is 0 Å². The van der Waals surface area contributed by atoms with Crippen LogP contribution in [0.25, 0.3) is 0 Å². The van der Waals surface area contributed by atoms with Crippen molar-refractivity contribution < 1.29 is 14.6 Å². The van der Waals surface area contributed by atoms with Gasteiger partial charge < -0.3 is 15.2 Å². The maximum absolute atomic E-state index is 12.0. The van der Waals surface area contributed by atoms with E-state index in [0.717, 1.165) is 11.4 Å². The summed E-state index contributed by atoms with van der Waals surface area (Å²) < 4.78 is 5.04. The van der Waals surface area contributed by atoms with Crippen molar-refractivity contribution in [1.82, 2.24) is 10.3 Å². The molecule has 106 valence electrons. The summed E-state index contributed by atoms with van der Waals surface area (Å²) in [7, 11) is 1.51. The SMILES string of the molecule is CCc1cnc(CNC(=O)c2cc(OC)ccc2O)s1. The Labute approximate surface area is 121 Å². The van der Waals surface area contributed by atoms with Gasteiger partial charge in [-0.25, -0.2) is 4.98 Å². The van der Waals surface area contributed by atoms with Gasteiger partial charge in [-0.2, -0.15) is 0 Å². The van der Waals surface area contributed by atoms with Crippen LogP contribution in [-0.4, -0.2) is 23.1 Å². The van der Waals surface area contributed by atoms with Gasteiger partial charge in [-0.3, -0.25) is 4.79 Å². The number of methoxy groups -OCH3 is 1. The number of benzene rings is 1. The fourth-order valence-corrected chi connectivity index (χ4v) is 2.47. The molecule has 0 atom stereocenters. The van der Waals surface area contributed by atoms with Crippen LogP contribution in [-0.2, 0) is 13.0 Å². The number of carbonyl (C=O) groups excluding carboxylic acids is 1. The Kier molecular flexibility index (Phi) is 4.57. The molecule has 6 heteroatoms. The lowest BCUT2D eigenvalue weighted by Gasteiger charge is -2.07. The van der Waals surface area contributed by atoms with E-state index in [4.69, 9.17) is 4.74 Å². The quantitative estimate of drug-likeness (QED) is 0.887. The summed E-state index contributed by atoms with van der Waals surface area (Å²) in [6, 6.07) is 4.54. The van der Waals surface area contributed by atoms with Gasteiger partial charge in [-0.05, 0) is 24.6 Å². The molecule has 0 aliphatic heterocycles. The zero-order valence-electron chi connectivity index (χ0n) is 11.3. The van der Waals surface area contributed by atoms with E-state index in [1.54, 1.807) is 17.4 Å². The van der Waals surface area contributed by atoms with Gasteiger partial charge in [0.15, 0.2) is 0 Å². The van der Waals surface area contributed by atoms with Crippen LogP contribution in [0.3, 0.4) is 0 Å². The summed E-state index contributed by atoms with van der Waals surface area (Å²) in [4.78, 5) is 17.4. The molecule has 0 aliphatic rings. The molecular formula is C14H16N2O3S. The first-order valence-electron chi connectivity index (χ1n) is 6.22. The molecule has 1 amide bonds. The third kappa shape index (κ3) is 3.27. The Balaban J connectivity index is 2.04. The first-order valence-corrected chi connectivity index (χ1v) is 7.04. The highest BCUT2D eigenvalue weighted by Gasteiger charge is 2.12. The second-order valence-electron chi connectivity index (χ2n) is 4.14. The number of phenols is 1. The highest BCUT2D eigenvalue weighted by molar-refractivity contribution is 7.11. The highest BCUT2D eigenvalue weighted by Crippen LogP contribution is 2.23. The molecule has 0 fully saturated rings. The fraction of sp³-hybridized carbons (Fsp3) is 0.286. The van der Waals surface area contributed by atoms with Gasteiger partial charge in [0.25, 0.3) is 5.91 Å². The molecule has 5 nitrogen and oxygen atoms in total. The number of aryl methyl sites for hydroxylation is 1. The molecule has 0 saturated heterocycles. The number of hydrogen-bond acceptors (Lipinski definition) is 5. The van der Waals surface area contributed by atoms with E-state index in [1.807, 2.05) is 6.20 Å². The third-order valence-corrected chi connectivity index (χ3v) is 3.94. The van der Waals surface area contributed by atoms with Crippen molar-refractivity contribution in [2.45, 2.75) is 19.9 Å². The smallest absolute Gasteiger partial charge is 0.255 e. The fourth-order valence-electron chi connectivity index (χ4n) is 1.67. The average Bonchev–Trinajstić information content (AvgIpc) is 2.93. The first-order chi connectivity index (χ1) is 9.63. The van der Waals surface area contributed by atoms with Crippen LogP contribution in [0.5, 0.6) is 11.5 Å². The lowest BCUT2D eigenvalue weighted by Crippen LogP contribution is -2.22. The number of rotatable bonds is 5. The number of thiazole rings is 1. The van der Waals surface area contributed by atoms with Crippen molar-refractivity contribution in [3.63, 3.8) is 0 Å². The van der Waals surface area contributed by atoms with Crippen LogP contribution in [0.1, 0.15) is 27.2 Å². The Morgan fingerprint density at radius 3 is 2.95 bits per heavy atom. The minimum atomic E-state index is -0.352. The van der Waals surface area contributed by atoms with E-state index in [9.17, 15) is 9.90 Å². The third-order valence-electron chi connectivity index (χ3n) is 2.80. The number of phenolic OH excluding ortho intramolecular Hbond substituents is 1. The van der Waals surface area contributed by atoms with Crippen LogP contribution >= 0.6 is 11.3 Å². The van der Waals surface area contributed by atoms with E-state index in [-0.39, 0.29) is 17.2 Å². The standard InChI is InChI=1S/C14H16N2O3S/c1-3-10-7-15-13(20-10)8-16-14(18)11-6-9(19-2)4-5-12(11)17/h4-7,17H,3,8H2,1-2H3,(H,16,18). The van der Waals surface area contributed by atoms with E-state index < -0.39 is 0 Å². The predicted octanol–water partition coefficient (Wildman–Crippen LogP) is 2.35. The number of nitrogens with zero attached hydrogens (tertiary/aromatic N) is 1. The molecule has 0 spiro atoms. The van der Waals surface area contributed by atoms with Gasteiger partial charge in [-0.15, -0.1) is 11.3 Å². The normalized spacial score (nSPS) is 10.3. The lowest BCUT2D eigenvalue weighted by molar-refractivity contribution is 0.0948. The van der Waals surface area contributed by atoms with Crippen LogP contribution in [0.2, 0.25) is 0 Å². The maximum atomic E-state index is 12.0. The second kappa shape index (κ2) is 6.38. The molecule has 2 N–H and O–H groups in total. The van der Waals surface area contributed by atoms with Gasteiger partial charge in [-0.1, -0.05) is 6.92 Å². The number of hydrogen-bond donors (Lipinski definition) is 2. The zero-order chi connectivity index (χ0) is 14.5. The Morgan fingerprint density at radius 2 is 2.30 bits per heavy atom. The monoisotopic (exact) mass is 292 g/mol. The number of carbonyl (C=O) groups is 1. The topological polar surface area (TPSA) is 71.5 Å². The lowest BCUT2D eigenvalue weighted by atomic mass is 10.2. The molecule has 1 aromatic carbocycles. The molecule has 0 aliphatic carbocycles. The zero-order valence-corrected chi connectivity index (χ0v) is 12.2. The largest absolute Gasteiger partial charge is 0.507 e. The number of aromatic hydroxyl groups is 1. The van der Waals surface area contributed by atoms with Crippen molar-refractivity contribution in [2.75, 3.05) is 7.11 Å². The van der Waals surface area contributed by atoms with Crippen molar-refractivity contribution in [3.8, 4) is 11.5 Å².